The number of carbonyl (C=O) groups excluding carboxylic acids is 1. The van der Waals surface area contributed by atoms with Crippen LogP contribution in [-0.2, 0) is 5.41 Å². The lowest BCUT2D eigenvalue weighted by atomic mass is 9.77. The normalized spacial score (nSPS) is 20.8. The zero-order valence-corrected chi connectivity index (χ0v) is 15.3. The summed E-state index contributed by atoms with van der Waals surface area (Å²) in [6, 6.07) is 10.7. The van der Waals surface area contributed by atoms with Gasteiger partial charge >= 0.3 is 0 Å². The second-order valence-electron chi connectivity index (χ2n) is 6.53. The van der Waals surface area contributed by atoms with Crippen molar-refractivity contribution in [2.45, 2.75) is 11.8 Å². The van der Waals surface area contributed by atoms with E-state index in [-0.39, 0.29) is 17.0 Å². The van der Waals surface area contributed by atoms with E-state index in [1.165, 1.54) is 12.3 Å². The molecule has 27 heavy (non-hydrogen) atoms. The highest BCUT2D eigenvalue weighted by Gasteiger charge is 2.40. The molecule has 3 N–H and O–H groups in total. The number of amidine groups is 1. The average molecular weight is 379 g/mol. The van der Waals surface area contributed by atoms with Crippen LogP contribution in [0.4, 0.5) is 5.69 Å². The van der Waals surface area contributed by atoms with Crippen molar-refractivity contribution < 1.29 is 9.53 Å². The number of benzene rings is 1. The third-order valence-electron chi connectivity index (χ3n) is 4.81. The lowest BCUT2D eigenvalue weighted by molar-refractivity contribution is 0.102. The number of pyridine rings is 1. The number of thioether (sulfide) groups is 1. The largest absolute Gasteiger partial charge is 0.493 e. The summed E-state index contributed by atoms with van der Waals surface area (Å²) in [5, 5.41) is 12.3. The lowest BCUT2D eigenvalue weighted by Crippen LogP contribution is -2.41. The van der Waals surface area contributed by atoms with Gasteiger partial charge in [-0.1, -0.05) is 11.8 Å². The number of nitriles is 1. The lowest BCUT2D eigenvalue weighted by Gasteiger charge is -2.39. The first kappa shape index (κ1) is 17.4. The molecule has 0 bridgehead atoms. The number of ether oxygens (including phenoxy) is 1. The number of rotatable bonds is 2. The van der Waals surface area contributed by atoms with Gasteiger partial charge in [0.25, 0.3) is 5.91 Å². The summed E-state index contributed by atoms with van der Waals surface area (Å²) in [6.07, 6.45) is 2.24. The van der Waals surface area contributed by atoms with Crippen molar-refractivity contribution in [2.75, 3.05) is 24.2 Å². The van der Waals surface area contributed by atoms with Gasteiger partial charge in [-0.15, -0.1) is 0 Å². The summed E-state index contributed by atoms with van der Waals surface area (Å²) in [4.78, 5) is 20.9. The van der Waals surface area contributed by atoms with Crippen LogP contribution in [0, 0.1) is 11.3 Å². The van der Waals surface area contributed by atoms with Gasteiger partial charge in [0, 0.05) is 28.6 Å². The Balaban J connectivity index is 1.60. The predicted molar refractivity (Wildman–Crippen MR) is 104 cm³/mol. The number of nitrogens with one attached hydrogen (secondary N) is 1. The van der Waals surface area contributed by atoms with E-state index in [4.69, 9.17) is 15.7 Å². The molecule has 2 aromatic rings. The van der Waals surface area contributed by atoms with Crippen molar-refractivity contribution >= 4 is 28.5 Å². The van der Waals surface area contributed by atoms with E-state index in [2.05, 4.69) is 15.3 Å². The van der Waals surface area contributed by atoms with E-state index in [0.29, 0.717) is 29.6 Å². The minimum Gasteiger partial charge on any atom is -0.493 e. The average Bonchev–Trinajstić information content (AvgIpc) is 2.71. The van der Waals surface area contributed by atoms with Crippen LogP contribution in [0.2, 0.25) is 0 Å². The highest BCUT2D eigenvalue weighted by Crippen LogP contribution is 2.44. The van der Waals surface area contributed by atoms with Crippen LogP contribution in [0.25, 0.3) is 0 Å². The predicted octanol–water partition coefficient (Wildman–Crippen LogP) is 2.29. The number of fused-ring (bicyclic) bond motifs is 2. The molecule has 1 atom stereocenters. The zero-order valence-electron chi connectivity index (χ0n) is 14.4. The summed E-state index contributed by atoms with van der Waals surface area (Å²) in [5.41, 5.74) is 8.07. The Labute approximate surface area is 160 Å². The third-order valence-corrected chi connectivity index (χ3v) is 5.93. The number of aliphatic imine (C=N–C) groups is 1. The van der Waals surface area contributed by atoms with Crippen molar-refractivity contribution in [1.82, 2.24) is 4.98 Å². The van der Waals surface area contributed by atoms with E-state index >= 15 is 0 Å². The first-order valence-corrected chi connectivity index (χ1v) is 9.46. The summed E-state index contributed by atoms with van der Waals surface area (Å²) in [6.45, 7) is 1.26. The van der Waals surface area contributed by atoms with Gasteiger partial charge in [0.05, 0.1) is 18.7 Å². The maximum Gasteiger partial charge on any atom is 0.274 e. The summed E-state index contributed by atoms with van der Waals surface area (Å²) >= 11 is 1.56. The molecule has 1 spiro atoms. The number of hydrogen-bond donors (Lipinski definition) is 2. The summed E-state index contributed by atoms with van der Waals surface area (Å²) in [5.74, 6) is 1.34. The van der Waals surface area contributed by atoms with Crippen LogP contribution in [0.15, 0.2) is 41.5 Å². The fraction of sp³-hybridized carbons (Fsp3) is 0.263. The maximum atomic E-state index is 12.5. The van der Waals surface area contributed by atoms with Gasteiger partial charge in [-0.05, 0) is 36.8 Å². The smallest absolute Gasteiger partial charge is 0.274 e. The van der Waals surface area contributed by atoms with Crippen molar-refractivity contribution in [1.29, 1.82) is 5.26 Å². The van der Waals surface area contributed by atoms with E-state index in [0.717, 1.165) is 23.5 Å². The Kier molecular flexibility index (Phi) is 4.46. The fourth-order valence-electron chi connectivity index (χ4n) is 3.28. The molecular formula is C19H17N5O2S. The van der Waals surface area contributed by atoms with Gasteiger partial charge in [-0.25, -0.2) is 4.98 Å². The van der Waals surface area contributed by atoms with Crippen molar-refractivity contribution in [2.24, 2.45) is 10.7 Å². The van der Waals surface area contributed by atoms with E-state index in [1.54, 1.807) is 17.8 Å². The van der Waals surface area contributed by atoms with E-state index < -0.39 is 0 Å². The fourth-order valence-corrected chi connectivity index (χ4v) is 4.25. The number of nitrogens with two attached hydrogens (primary N) is 1. The minimum absolute atomic E-state index is 0.130. The monoisotopic (exact) mass is 379 g/mol. The van der Waals surface area contributed by atoms with Crippen LogP contribution in [0.5, 0.6) is 5.75 Å². The Morgan fingerprint density at radius 3 is 2.96 bits per heavy atom. The molecule has 1 amide bonds. The molecule has 8 heteroatoms. The molecule has 0 saturated heterocycles. The second-order valence-corrected chi connectivity index (χ2v) is 7.53. The van der Waals surface area contributed by atoms with Crippen LogP contribution in [0.1, 0.15) is 28.0 Å². The molecule has 0 radical (unpaired) electrons. The summed E-state index contributed by atoms with van der Waals surface area (Å²) in [7, 11) is 0. The minimum atomic E-state index is -0.328. The van der Waals surface area contributed by atoms with Gasteiger partial charge in [0.15, 0.2) is 5.17 Å². The number of aromatic nitrogens is 1. The molecule has 3 heterocycles. The van der Waals surface area contributed by atoms with E-state index in [1.807, 2.05) is 24.3 Å². The first-order chi connectivity index (χ1) is 13.1. The molecule has 0 fully saturated rings. The van der Waals surface area contributed by atoms with Gasteiger partial charge in [0.2, 0.25) is 0 Å². The summed E-state index contributed by atoms with van der Waals surface area (Å²) < 4.78 is 5.80. The number of anilines is 1. The SMILES string of the molecule is N#Cc1ccc(C(=O)Nc2ccc3c(c2)C2(CCO3)CN=C(N)SC2)nc1. The second kappa shape index (κ2) is 6.93. The highest BCUT2D eigenvalue weighted by molar-refractivity contribution is 8.13. The molecule has 0 saturated carbocycles. The van der Waals surface area contributed by atoms with Crippen LogP contribution in [-0.4, -0.2) is 35.0 Å². The number of nitrogens with zero attached hydrogens (tertiary/aromatic N) is 3. The Morgan fingerprint density at radius 1 is 1.37 bits per heavy atom. The Bertz CT molecular complexity index is 967. The highest BCUT2D eigenvalue weighted by atomic mass is 32.2. The number of carbonyl (C=O) groups is 1. The third kappa shape index (κ3) is 3.34. The zero-order chi connectivity index (χ0) is 18.9. The number of hydrogen-bond acceptors (Lipinski definition) is 7. The molecule has 136 valence electrons. The quantitative estimate of drug-likeness (QED) is 0.828. The molecule has 0 aliphatic carbocycles. The molecule has 1 unspecified atom stereocenters. The van der Waals surface area contributed by atoms with Crippen LogP contribution < -0.4 is 15.8 Å². The Hall–Kier alpha value is -3.05. The molecule has 1 aromatic carbocycles. The maximum absolute atomic E-state index is 12.5. The van der Waals surface area contributed by atoms with Crippen LogP contribution in [0.3, 0.4) is 0 Å². The molecule has 7 nitrogen and oxygen atoms in total. The number of amides is 1. The van der Waals surface area contributed by atoms with Crippen molar-refractivity contribution in [3.63, 3.8) is 0 Å². The molecule has 2 aliphatic heterocycles. The molecular weight excluding hydrogens is 362 g/mol. The van der Waals surface area contributed by atoms with Crippen LogP contribution >= 0.6 is 11.8 Å². The Morgan fingerprint density at radius 2 is 2.26 bits per heavy atom. The van der Waals surface area contributed by atoms with E-state index in [9.17, 15) is 4.79 Å². The van der Waals surface area contributed by atoms with Gasteiger partial charge in [-0.3, -0.25) is 9.79 Å². The van der Waals surface area contributed by atoms with Crippen molar-refractivity contribution in [3.05, 3.63) is 53.3 Å². The van der Waals surface area contributed by atoms with Crippen molar-refractivity contribution in [3.8, 4) is 11.8 Å². The first-order valence-electron chi connectivity index (χ1n) is 8.47. The topological polar surface area (TPSA) is 113 Å². The molecule has 4 rings (SSSR count). The van der Waals surface area contributed by atoms with Gasteiger partial charge in [-0.2, -0.15) is 5.26 Å². The van der Waals surface area contributed by atoms with Gasteiger partial charge in [0.1, 0.15) is 17.5 Å². The van der Waals surface area contributed by atoms with Gasteiger partial charge < -0.3 is 15.8 Å². The molecule has 1 aromatic heterocycles. The molecule has 2 aliphatic rings. The standard InChI is InChI=1S/C19H17N5O2S/c20-8-12-1-3-15(22-9-12)17(25)24-13-2-4-16-14(7-13)19(5-6-26-16)10-23-18(21)27-11-19/h1-4,7,9H,5-6,10-11H2,(H2,21,23)(H,24,25).